The van der Waals surface area contributed by atoms with E-state index in [-0.39, 0.29) is 6.04 Å². The fourth-order valence-electron chi connectivity index (χ4n) is 6.64. The van der Waals surface area contributed by atoms with Crippen LogP contribution in [0.15, 0.2) is 142 Å². The third-order valence-electron chi connectivity index (χ3n) is 8.81. The first-order valence-corrected chi connectivity index (χ1v) is 15.6. The second kappa shape index (κ2) is 12.3. The Morgan fingerprint density at radius 2 is 1.60 bits per heavy atom. The fourth-order valence-corrected chi connectivity index (χ4v) is 6.64. The Morgan fingerprint density at radius 1 is 0.889 bits per heavy atom. The van der Waals surface area contributed by atoms with Gasteiger partial charge in [0.2, 0.25) is 0 Å². The minimum Gasteiger partial charge on any atom is -0.404 e. The van der Waals surface area contributed by atoms with Gasteiger partial charge in [-0.2, -0.15) is 0 Å². The van der Waals surface area contributed by atoms with Crippen molar-refractivity contribution in [3.05, 3.63) is 149 Å². The Bertz CT molecular complexity index is 2170. The molecule has 1 aliphatic carbocycles. The maximum atomic E-state index is 6.08. The third-order valence-corrected chi connectivity index (χ3v) is 8.81. The number of aryl methyl sites for hydroxylation is 1. The van der Waals surface area contributed by atoms with Gasteiger partial charge in [-0.3, -0.25) is 9.98 Å². The van der Waals surface area contributed by atoms with Crippen molar-refractivity contribution >= 4 is 56.2 Å². The lowest BCUT2D eigenvalue weighted by Gasteiger charge is -2.18. The summed E-state index contributed by atoms with van der Waals surface area (Å²) in [4.78, 5) is 14.7. The maximum Gasteiger partial charge on any atom is 0.155 e. The molecular formula is C41H36N4. The van der Waals surface area contributed by atoms with E-state index in [4.69, 9.17) is 15.7 Å². The van der Waals surface area contributed by atoms with Crippen LogP contribution in [0.4, 0.5) is 0 Å². The van der Waals surface area contributed by atoms with Gasteiger partial charge in [0, 0.05) is 37.0 Å². The van der Waals surface area contributed by atoms with Gasteiger partial charge in [0.15, 0.2) is 5.84 Å². The molecule has 1 unspecified atom stereocenters. The van der Waals surface area contributed by atoms with Crippen molar-refractivity contribution in [3.8, 4) is 0 Å². The molecule has 0 fully saturated rings. The number of allylic oxidation sites excluding steroid dienone is 5. The van der Waals surface area contributed by atoms with E-state index in [0.29, 0.717) is 12.3 Å². The van der Waals surface area contributed by atoms with Crippen LogP contribution in [0.3, 0.4) is 0 Å². The Balaban J connectivity index is 1.41. The van der Waals surface area contributed by atoms with Crippen LogP contribution in [-0.4, -0.2) is 30.9 Å². The predicted molar refractivity (Wildman–Crippen MR) is 194 cm³/mol. The molecule has 0 bridgehead atoms. The van der Waals surface area contributed by atoms with Crippen molar-refractivity contribution < 1.29 is 0 Å². The minimum atomic E-state index is 0.162. The van der Waals surface area contributed by atoms with Gasteiger partial charge >= 0.3 is 0 Å². The molecule has 5 aromatic rings. The van der Waals surface area contributed by atoms with E-state index < -0.39 is 0 Å². The molecule has 0 radical (unpaired) electrons. The van der Waals surface area contributed by atoms with Gasteiger partial charge in [0.1, 0.15) is 0 Å². The van der Waals surface area contributed by atoms with Crippen LogP contribution in [0.25, 0.3) is 38.4 Å². The van der Waals surface area contributed by atoms with Gasteiger partial charge in [-0.1, -0.05) is 103 Å². The number of nitrogens with two attached hydrogens (primary N) is 1. The molecular weight excluding hydrogens is 548 g/mol. The summed E-state index contributed by atoms with van der Waals surface area (Å²) in [6.45, 7) is 2.07. The zero-order valence-electron chi connectivity index (χ0n) is 25.7. The average Bonchev–Trinajstić information content (AvgIpc) is 3.53. The molecule has 2 N–H and O–H groups in total. The molecule has 4 nitrogen and oxygen atoms in total. The largest absolute Gasteiger partial charge is 0.404 e. The van der Waals surface area contributed by atoms with Gasteiger partial charge in [-0.25, -0.2) is 4.99 Å². The first-order chi connectivity index (χ1) is 22.1. The summed E-state index contributed by atoms with van der Waals surface area (Å²) in [5.74, 6) is 0.715. The Kier molecular flexibility index (Phi) is 7.79. The first-order valence-electron chi connectivity index (χ1n) is 15.6. The highest BCUT2D eigenvalue weighted by Crippen LogP contribution is 2.33. The van der Waals surface area contributed by atoms with Gasteiger partial charge in [0.05, 0.1) is 11.8 Å². The second-order valence-electron chi connectivity index (χ2n) is 11.6. The van der Waals surface area contributed by atoms with Gasteiger partial charge in [0.25, 0.3) is 0 Å². The lowest BCUT2D eigenvalue weighted by atomic mass is 9.87. The SMILES string of the molecule is CN=C(N=C(C/C=C\C(=C/N)C1=CC(C)N=C1)c1cc2c(c3ccccc13)CCC=C2)c1cc2ccccc2c2ccccc12. The number of nitrogens with zero attached hydrogens (tertiary/aromatic N) is 3. The smallest absolute Gasteiger partial charge is 0.155 e. The van der Waals surface area contributed by atoms with Crippen molar-refractivity contribution in [1.82, 2.24) is 0 Å². The Morgan fingerprint density at radius 3 is 2.33 bits per heavy atom. The summed E-state index contributed by atoms with van der Waals surface area (Å²) in [6.07, 6.45) is 17.2. The Labute approximate surface area is 264 Å². The van der Waals surface area contributed by atoms with E-state index >= 15 is 0 Å². The molecule has 0 saturated carbocycles. The zero-order chi connectivity index (χ0) is 30.8. The zero-order valence-corrected chi connectivity index (χ0v) is 25.7. The number of benzene rings is 5. The van der Waals surface area contributed by atoms with Gasteiger partial charge < -0.3 is 5.73 Å². The molecule has 0 aromatic heterocycles. The van der Waals surface area contributed by atoms with E-state index in [2.05, 4.69) is 127 Å². The molecule has 1 aliphatic heterocycles. The van der Waals surface area contributed by atoms with Crippen molar-refractivity contribution in [2.75, 3.05) is 7.05 Å². The van der Waals surface area contributed by atoms with Crippen LogP contribution in [-0.2, 0) is 6.42 Å². The third kappa shape index (κ3) is 5.44. The van der Waals surface area contributed by atoms with Crippen LogP contribution < -0.4 is 5.73 Å². The molecule has 4 heteroatoms. The van der Waals surface area contributed by atoms with E-state index in [0.717, 1.165) is 46.2 Å². The summed E-state index contributed by atoms with van der Waals surface area (Å²) in [7, 11) is 1.84. The fraction of sp³-hybridized carbons (Fsp3) is 0.146. The normalized spacial score (nSPS) is 17.2. The average molecular weight is 585 g/mol. The summed E-state index contributed by atoms with van der Waals surface area (Å²) < 4.78 is 0. The maximum absolute atomic E-state index is 6.08. The van der Waals surface area contributed by atoms with E-state index in [1.807, 2.05) is 13.3 Å². The summed E-state index contributed by atoms with van der Waals surface area (Å²) in [5.41, 5.74) is 13.9. The van der Waals surface area contributed by atoms with Crippen molar-refractivity contribution in [1.29, 1.82) is 0 Å². The van der Waals surface area contributed by atoms with Crippen LogP contribution >= 0.6 is 0 Å². The topological polar surface area (TPSA) is 63.1 Å². The van der Waals surface area contributed by atoms with Crippen LogP contribution in [0.5, 0.6) is 0 Å². The van der Waals surface area contributed by atoms with E-state index in [9.17, 15) is 0 Å². The molecule has 0 spiro atoms. The van der Waals surface area contributed by atoms with Gasteiger partial charge in [-0.15, -0.1) is 0 Å². The molecule has 7 rings (SSSR count). The van der Waals surface area contributed by atoms with Crippen molar-refractivity contribution in [2.24, 2.45) is 20.7 Å². The molecule has 0 saturated heterocycles. The molecule has 1 heterocycles. The van der Waals surface area contributed by atoms with Crippen molar-refractivity contribution in [3.63, 3.8) is 0 Å². The second-order valence-corrected chi connectivity index (χ2v) is 11.6. The molecule has 220 valence electrons. The first kappa shape index (κ1) is 28.4. The lowest BCUT2D eigenvalue weighted by molar-refractivity contribution is 0.949. The molecule has 0 amide bonds. The number of rotatable bonds is 6. The number of fused-ring (bicyclic) bond motifs is 6. The van der Waals surface area contributed by atoms with Crippen LogP contribution in [0.2, 0.25) is 0 Å². The minimum absolute atomic E-state index is 0.162. The number of hydrogen-bond donors (Lipinski definition) is 1. The molecule has 1 atom stereocenters. The summed E-state index contributed by atoms with van der Waals surface area (Å²) in [5, 5.41) is 7.25. The summed E-state index contributed by atoms with van der Waals surface area (Å²) in [6, 6.07) is 30.5. The van der Waals surface area contributed by atoms with Gasteiger partial charge in [-0.05, 0) is 86.5 Å². The van der Waals surface area contributed by atoms with E-state index in [1.165, 1.54) is 38.1 Å². The molecule has 45 heavy (non-hydrogen) atoms. The summed E-state index contributed by atoms with van der Waals surface area (Å²) >= 11 is 0. The van der Waals surface area contributed by atoms with Crippen LogP contribution in [0, 0.1) is 0 Å². The quantitative estimate of drug-likeness (QED) is 0.0920. The lowest BCUT2D eigenvalue weighted by Crippen LogP contribution is -2.10. The highest BCUT2D eigenvalue weighted by molar-refractivity contribution is 6.23. The number of hydrogen-bond acceptors (Lipinski definition) is 3. The number of aliphatic imine (C=N–C) groups is 3. The molecule has 5 aromatic carbocycles. The highest BCUT2D eigenvalue weighted by Gasteiger charge is 2.18. The van der Waals surface area contributed by atoms with Crippen LogP contribution in [0.1, 0.15) is 42.0 Å². The standard InChI is InChI=1S/C41H36N4/c1-27-22-31(26-44-27)30(25-42)14-11-21-40(38-23-28-12-3-5-15-32(28)34-17-7-9-19-36(34)38)45-41(43-2)39-24-29-13-4-6-16-33(29)35-18-8-10-20-37(35)39/h3-4,6-14,16-20,22-27H,5,15,21,42H2,1-2H3/b14-11-,30-25+,43-41?,45-40?. The Hall–Kier alpha value is -5.35. The van der Waals surface area contributed by atoms with Crippen molar-refractivity contribution in [2.45, 2.75) is 32.2 Å². The molecule has 2 aliphatic rings. The van der Waals surface area contributed by atoms with E-state index in [1.54, 1.807) is 6.20 Å². The monoisotopic (exact) mass is 584 g/mol. The predicted octanol–water partition coefficient (Wildman–Crippen LogP) is 9.16. The number of amidine groups is 1. The highest BCUT2D eigenvalue weighted by atomic mass is 14.9.